The summed E-state index contributed by atoms with van der Waals surface area (Å²) in [5.74, 6) is -0.609. The van der Waals surface area contributed by atoms with E-state index in [0.29, 0.717) is 6.54 Å². The molecule has 2 aromatic rings. The van der Waals surface area contributed by atoms with E-state index >= 15 is 0 Å². The molecule has 3 nitrogen and oxygen atoms in total. The Morgan fingerprint density at radius 2 is 1.90 bits per heavy atom. The lowest BCUT2D eigenvalue weighted by molar-refractivity contribution is 0.423. The van der Waals surface area contributed by atoms with Crippen LogP contribution in [-0.4, -0.2) is 24.2 Å². The van der Waals surface area contributed by atoms with Gasteiger partial charge >= 0.3 is 7.12 Å². The molecule has 0 unspecified atom stereocenters. The number of aryl methyl sites for hydroxylation is 1. The van der Waals surface area contributed by atoms with Gasteiger partial charge in [-0.2, -0.15) is 0 Å². The zero-order valence-corrected chi connectivity index (χ0v) is 11.5. The van der Waals surface area contributed by atoms with Gasteiger partial charge in [0.2, 0.25) is 0 Å². The number of nitrogens with zero attached hydrogens (tertiary/aromatic N) is 1. The maximum absolute atomic E-state index is 13.4. The number of hydrogen-bond acceptors (Lipinski definition) is 3. The van der Waals surface area contributed by atoms with Crippen molar-refractivity contribution in [2.45, 2.75) is 13.5 Å². The van der Waals surface area contributed by atoms with Gasteiger partial charge in [0.05, 0.1) is 0 Å². The van der Waals surface area contributed by atoms with Crippen LogP contribution in [0.2, 0.25) is 0 Å². The molecule has 0 atom stereocenters. The standard InChI is InChI=1S/C15H17BFNO2/c1-11-4-3-5-13(8-11)18(2)10-12-6-7-15(17)14(9-12)16(19)20/h3-9,19-20H,10H2,1-2H3. The molecule has 104 valence electrons. The molecule has 0 aliphatic rings. The quantitative estimate of drug-likeness (QED) is 0.829. The van der Waals surface area contributed by atoms with Crippen molar-refractivity contribution in [2.24, 2.45) is 0 Å². The van der Waals surface area contributed by atoms with Crippen LogP contribution >= 0.6 is 0 Å². The minimum atomic E-state index is -1.79. The van der Waals surface area contributed by atoms with Crippen molar-refractivity contribution >= 4 is 18.3 Å². The van der Waals surface area contributed by atoms with E-state index < -0.39 is 12.9 Å². The SMILES string of the molecule is Cc1cccc(N(C)Cc2ccc(F)c(B(O)O)c2)c1. The zero-order chi connectivity index (χ0) is 14.7. The molecule has 0 saturated carbocycles. The van der Waals surface area contributed by atoms with Gasteiger partial charge in [0, 0.05) is 24.7 Å². The highest BCUT2D eigenvalue weighted by molar-refractivity contribution is 6.58. The van der Waals surface area contributed by atoms with Crippen molar-refractivity contribution < 1.29 is 14.4 Å². The molecular formula is C15H17BFNO2. The third-order valence-electron chi connectivity index (χ3n) is 3.20. The fourth-order valence-electron chi connectivity index (χ4n) is 2.12. The van der Waals surface area contributed by atoms with Gasteiger partial charge < -0.3 is 14.9 Å². The second kappa shape index (κ2) is 6.07. The van der Waals surface area contributed by atoms with Crippen molar-refractivity contribution in [1.82, 2.24) is 0 Å². The Kier molecular flexibility index (Phi) is 4.42. The van der Waals surface area contributed by atoms with Crippen LogP contribution in [-0.2, 0) is 6.54 Å². The topological polar surface area (TPSA) is 43.7 Å². The molecule has 5 heteroatoms. The molecular weight excluding hydrogens is 256 g/mol. The average Bonchev–Trinajstić information content (AvgIpc) is 2.40. The lowest BCUT2D eigenvalue weighted by Gasteiger charge is -2.20. The summed E-state index contributed by atoms with van der Waals surface area (Å²) in [6, 6.07) is 12.4. The molecule has 2 aromatic carbocycles. The fraction of sp³-hybridized carbons (Fsp3) is 0.200. The third-order valence-corrected chi connectivity index (χ3v) is 3.20. The average molecular weight is 273 g/mol. The first-order valence-electron chi connectivity index (χ1n) is 6.39. The lowest BCUT2D eigenvalue weighted by atomic mass is 9.79. The maximum Gasteiger partial charge on any atom is 0.491 e. The third kappa shape index (κ3) is 3.38. The number of anilines is 1. The summed E-state index contributed by atoms with van der Waals surface area (Å²) < 4.78 is 13.4. The predicted octanol–water partition coefficient (Wildman–Crippen LogP) is 1.45. The summed E-state index contributed by atoms with van der Waals surface area (Å²) in [5.41, 5.74) is 2.94. The van der Waals surface area contributed by atoms with E-state index in [9.17, 15) is 4.39 Å². The zero-order valence-electron chi connectivity index (χ0n) is 11.5. The summed E-state index contributed by atoms with van der Waals surface area (Å²) in [6.07, 6.45) is 0. The van der Waals surface area contributed by atoms with Gasteiger partial charge in [-0.05, 0) is 36.2 Å². The predicted molar refractivity (Wildman–Crippen MR) is 79.5 cm³/mol. The molecule has 2 N–H and O–H groups in total. The van der Waals surface area contributed by atoms with Crippen LogP contribution in [0.15, 0.2) is 42.5 Å². The van der Waals surface area contributed by atoms with E-state index in [1.165, 1.54) is 17.7 Å². The minimum absolute atomic E-state index is 0.0971. The van der Waals surface area contributed by atoms with Crippen molar-refractivity contribution in [2.75, 3.05) is 11.9 Å². The van der Waals surface area contributed by atoms with Gasteiger partial charge in [-0.1, -0.05) is 24.3 Å². The maximum atomic E-state index is 13.4. The summed E-state index contributed by atoms with van der Waals surface area (Å²) in [6.45, 7) is 2.58. The fourth-order valence-corrected chi connectivity index (χ4v) is 2.12. The van der Waals surface area contributed by atoms with Crippen molar-refractivity contribution in [3.05, 3.63) is 59.4 Å². The lowest BCUT2D eigenvalue weighted by Crippen LogP contribution is -2.33. The highest BCUT2D eigenvalue weighted by Crippen LogP contribution is 2.16. The van der Waals surface area contributed by atoms with Crippen LogP contribution in [0.5, 0.6) is 0 Å². The van der Waals surface area contributed by atoms with E-state index in [1.807, 2.05) is 37.1 Å². The minimum Gasteiger partial charge on any atom is -0.423 e. The van der Waals surface area contributed by atoms with Crippen LogP contribution < -0.4 is 10.4 Å². The van der Waals surface area contributed by atoms with Gasteiger partial charge in [0.25, 0.3) is 0 Å². The molecule has 0 radical (unpaired) electrons. The molecule has 2 rings (SSSR count). The van der Waals surface area contributed by atoms with Crippen LogP contribution in [0.25, 0.3) is 0 Å². The molecule has 20 heavy (non-hydrogen) atoms. The van der Waals surface area contributed by atoms with Crippen LogP contribution in [0.4, 0.5) is 10.1 Å². The van der Waals surface area contributed by atoms with Gasteiger partial charge in [-0.3, -0.25) is 0 Å². The summed E-state index contributed by atoms with van der Waals surface area (Å²) in [4.78, 5) is 2.02. The summed E-state index contributed by atoms with van der Waals surface area (Å²) in [7, 11) is 0.145. The van der Waals surface area contributed by atoms with Gasteiger partial charge in [-0.15, -0.1) is 0 Å². The smallest absolute Gasteiger partial charge is 0.423 e. The number of rotatable bonds is 4. The Morgan fingerprint density at radius 3 is 2.55 bits per heavy atom. The highest BCUT2D eigenvalue weighted by Gasteiger charge is 2.17. The van der Waals surface area contributed by atoms with Crippen LogP contribution in [0.1, 0.15) is 11.1 Å². The Balaban J connectivity index is 2.19. The van der Waals surface area contributed by atoms with Crippen LogP contribution in [0.3, 0.4) is 0 Å². The first-order valence-corrected chi connectivity index (χ1v) is 6.39. The Bertz CT molecular complexity index is 604. The van der Waals surface area contributed by atoms with E-state index in [2.05, 4.69) is 6.07 Å². The normalized spacial score (nSPS) is 10.4. The van der Waals surface area contributed by atoms with E-state index in [-0.39, 0.29) is 5.46 Å². The largest absolute Gasteiger partial charge is 0.491 e. The Labute approximate surface area is 118 Å². The van der Waals surface area contributed by atoms with Crippen molar-refractivity contribution in [1.29, 1.82) is 0 Å². The summed E-state index contributed by atoms with van der Waals surface area (Å²) in [5, 5.41) is 18.2. The summed E-state index contributed by atoms with van der Waals surface area (Å²) >= 11 is 0. The Hall–Kier alpha value is -1.85. The van der Waals surface area contributed by atoms with Crippen LogP contribution in [0, 0.1) is 12.7 Å². The molecule has 0 fully saturated rings. The van der Waals surface area contributed by atoms with E-state index in [1.54, 1.807) is 6.07 Å². The van der Waals surface area contributed by atoms with Gasteiger partial charge in [0.1, 0.15) is 5.82 Å². The molecule has 0 aliphatic carbocycles. The molecule has 0 spiro atoms. The number of halogens is 1. The van der Waals surface area contributed by atoms with Gasteiger partial charge in [-0.25, -0.2) is 4.39 Å². The van der Waals surface area contributed by atoms with E-state index in [4.69, 9.17) is 10.0 Å². The van der Waals surface area contributed by atoms with E-state index in [0.717, 1.165) is 11.3 Å². The molecule has 0 bridgehead atoms. The molecule has 0 aromatic heterocycles. The molecule has 0 amide bonds. The first kappa shape index (κ1) is 14.6. The molecule has 0 aliphatic heterocycles. The first-order chi connectivity index (χ1) is 9.47. The van der Waals surface area contributed by atoms with Crippen molar-refractivity contribution in [3.63, 3.8) is 0 Å². The number of hydrogen-bond donors (Lipinski definition) is 2. The monoisotopic (exact) mass is 273 g/mol. The number of benzene rings is 2. The second-order valence-corrected chi connectivity index (χ2v) is 4.92. The van der Waals surface area contributed by atoms with Crippen molar-refractivity contribution in [3.8, 4) is 0 Å². The molecule has 0 heterocycles. The molecule has 0 saturated heterocycles. The second-order valence-electron chi connectivity index (χ2n) is 4.92. The highest BCUT2D eigenvalue weighted by atomic mass is 19.1. The van der Waals surface area contributed by atoms with Gasteiger partial charge in [0.15, 0.2) is 0 Å². The Morgan fingerprint density at radius 1 is 1.15 bits per heavy atom.